The van der Waals surface area contributed by atoms with Gasteiger partial charge in [-0.05, 0) is 42.4 Å². The maximum Gasteiger partial charge on any atom is 0.446 e. The van der Waals surface area contributed by atoms with Crippen LogP contribution < -0.4 is 0 Å². The summed E-state index contributed by atoms with van der Waals surface area (Å²) < 4.78 is 48.2. The Morgan fingerprint density at radius 3 is 2.23 bits per heavy atom. The van der Waals surface area contributed by atoms with Gasteiger partial charge in [-0.2, -0.15) is 13.2 Å². The second-order valence-corrected chi connectivity index (χ2v) is 3.65. The number of hydrogen-bond acceptors (Lipinski definition) is 1. The van der Waals surface area contributed by atoms with Gasteiger partial charge in [-0.15, -0.1) is 0 Å². The molecule has 0 aromatic heterocycles. The van der Waals surface area contributed by atoms with Gasteiger partial charge in [-0.1, -0.05) is 0 Å². The highest BCUT2D eigenvalue weighted by atomic mass is 32.2. The molecule has 0 aliphatic carbocycles. The lowest BCUT2D eigenvalue weighted by atomic mass is 10.2. The molecule has 0 saturated carbocycles. The lowest BCUT2D eigenvalue weighted by Gasteiger charge is -2.05. The van der Waals surface area contributed by atoms with Crippen molar-refractivity contribution in [2.45, 2.75) is 17.3 Å². The average Bonchev–Trinajstić information content (AvgIpc) is 1.78. The van der Waals surface area contributed by atoms with Crippen LogP contribution in [0.25, 0.3) is 0 Å². The highest BCUT2D eigenvalue weighted by Crippen LogP contribution is 2.37. The normalized spacial score (nSPS) is 11.8. The Kier molecular flexibility index (Phi) is 2.85. The van der Waals surface area contributed by atoms with Gasteiger partial charge in [0.25, 0.3) is 0 Å². The van der Waals surface area contributed by atoms with Crippen LogP contribution in [0.4, 0.5) is 17.6 Å². The number of benzene rings is 1. The van der Waals surface area contributed by atoms with Gasteiger partial charge in [0.1, 0.15) is 5.82 Å². The maximum absolute atomic E-state index is 12.6. The summed E-state index contributed by atoms with van der Waals surface area (Å²) >= 11 is -0.311. The van der Waals surface area contributed by atoms with E-state index in [1.54, 1.807) is 6.92 Å². The molecule has 0 aliphatic heterocycles. The number of alkyl halides is 3. The van der Waals surface area contributed by atoms with Crippen molar-refractivity contribution in [1.82, 2.24) is 0 Å². The monoisotopic (exact) mass is 210 g/mol. The molecule has 1 aromatic carbocycles. The number of rotatable bonds is 1. The van der Waals surface area contributed by atoms with E-state index in [1.165, 1.54) is 12.1 Å². The summed E-state index contributed by atoms with van der Waals surface area (Å²) in [5.74, 6) is -0.647. The standard InChI is InChI=1S/C8H6F4S/c1-5-2-6(9)4-7(3-5)13-8(10,11)12/h2-4H,1H3. The molecule has 0 fully saturated rings. The first kappa shape index (κ1) is 10.4. The van der Waals surface area contributed by atoms with E-state index in [0.717, 1.165) is 6.07 Å². The van der Waals surface area contributed by atoms with Crippen molar-refractivity contribution in [3.63, 3.8) is 0 Å². The molecule has 0 spiro atoms. The molecule has 1 rings (SSSR count). The molecule has 0 radical (unpaired) electrons. The molecule has 72 valence electrons. The molecule has 0 atom stereocenters. The molecule has 5 heteroatoms. The van der Waals surface area contributed by atoms with Crippen LogP contribution in [0.2, 0.25) is 0 Å². The van der Waals surface area contributed by atoms with E-state index in [0.29, 0.717) is 5.56 Å². The van der Waals surface area contributed by atoms with Crippen LogP contribution in [0.15, 0.2) is 23.1 Å². The Hall–Kier alpha value is -0.710. The summed E-state index contributed by atoms with van der Waals surface area (Å²) in [6.07, 6.45) is 0. The number of halogens is 4. The summed E-state index contributed by atoms with van der Waals surface area (Å²) in [5.41, 5.74) is -3.88. The van der Waals surface area contributed by atoms with Crippen LogP contribution in [0.5, 0.6) is 0 Å². The fraction of sp³-hybridized carbons (Fsp3) is 0.250. The second kappa shape index (κ2) is 3.57. The summed E-state index contributed by atoms with van der Waals surface area (Å²) in [7, 11) is 0. The Labute approximate surface area is 76.9 Å². The predicted octanol–water partition coefficient (Wildman–Crippen LogP) is 3.75. The number of hydrogen-bond donors (Lipinski definition) is 0. The average molecular weight is 210 g/mol. The minimum Gasteiger partial charge on any atom is -0.207 e. The SMILES string of the molecule is Cc1cc(F)cc(SC(F)(F)F)c1. The molecule has 1 aromatic rings. The first-order valence-corrected chi connectivity index (χ1v) is 4.21. The molecular weight excluding hydrogens is 204 g/mol. The topological polar surface area (TPSA) is 0 Å². The van der Waals surface area contributed by atoms with Gasteiger partial charge in [-0.3, -0.25) is 0 Å². The Morgan fingerprint density at radius 2 is 1.77 bits per heavy atom. The van der Waals surface area contributed by atoms with Crippen molar-refractivity contribution < 1.29 is 17.6 Å². The van der Waals surface area contributed by atoms with Gasteiger partial charge in [0.05, 0.1) is 0 Å². The van der Waals surface area contributed by atoms with Crippen LogP contribution in [-0.4, -0.2) is 5.51 Å². The third-order valence-electron chi connectivity index (χ3n) is 1.25. The van der Waals surface area contributed by atoms with Crippen molar-refractivity contribution in [1.29, 1.82) is 0 Å². The highest BCUT2D eigenvalue weighted by molar-refractivity contribution is 8.00. The van der Waals surface area contributed by atoms with Crippen LogP contribution in [-0.2, 0) is 0 Å². The van der Waals surface area contributed by atoms with E-state index < -0.39 is 11.3 Å². The summed E-state index contributed by atoms with van der Waals surface area (Å²) in [6, 6.07) is 3.34. The molecule has 0 nitrogen and oxygen atoms in total. The third kappa shape index (κ3) is 3.67. The lowest BCUT2D eigenvalue weighted by molar-refractivity contribution is -0.0328. The summed E-state index contributed by atoms with van der Waals surface area (Å²) in [6.45, 7) is 1.55. The zero-order valence-corrected chi connectivity index (χ0v) is 7.47. The molecule has 13 heavy (non-hydrogen) atoms. The van der Waals surface area contributed by atoms with E-state index in [1.807, 2.05) is 0 Å². The minimum absolute atomic E-state index is 0.120. The Balaban J connectivity index is 2.90. The molecule has 0 N–H and O–H groups in total. The van der Waals surface area contributed by atoms with Crippen molar-refractivity contribution in [3.8, 4) is 0 Å². The molecule has 0 bridgehead atoms. The zero-order chi connectivity index (χ0) is 10.1. The quantitative estimate of drug-likeness (QED) is 0.502. The third-order valence-corrected chi connectivity index (χ3v) is 1.95. The van der Waals surface area contributed by atoms with Gasteiger partial charge in [0, 0.05) is 4.90 Å². The fourth-order valence-corrected chi connectivity index (χ4v) is 1.58. The predicted molar refractivity (Wildman–Crippen MR) is 43.0 cm³/mol. The Morgan fingerprint density at radius 1 is 1.15 bits per heavy atom. The summed E-state index contributed by atoms with van der Waals surface area (Å²) in [4.78, 5) is -0.120. The van der Waals surface area contributed by atoms with E-state index in [9.17, 15) is 17.6 Å². The molecule has 0 aliphatic rings. The van der Waals surface area contributed by atoms with E-state index >= 15 is 0 Å². The number of aryl methyl sites for hydroxylation is 1. The zero-order valence-electron chi connectivity index (χ0n) is 6.65. The van der Waals surface area contributed by atoms with Gasteiger partial charge >= 0.3 is 5.51 Å². The van der Waals surface area contributed by atoms with Crippen LogP contribution >= 0.6 is 11.8 Å². The van der Waals surface area contributed by atoms with Crippen molar-refractivity contribution in [3.05, 3.63) is 29.6 Å². The van der Waals surface area contributed by atoms with E-state index in [4.69, 9.17) is 0 Å². The van der Waals surface area contributed by atoms with Crippen molar-refractivity contribution >= 4 is 11.8 Å². The van der Waals surface area contributed by atoms with E-state index in [-0.39, 0.29) is 16.7 Å². The summed E-state index contributed by atoms with van der Waals surface area (Å²) in [5, 5.41) is 0. The highest BCUT2D eigenvalue weighted by Gasteiger charge is 2.29. The van der Waals surface area contributed by atoms with Crippen molar-refractivity contribution in [2.75, 3.05) is 0 Å². The molecular formula is C8H6F4S. The minimum atomic E-state index is -4.36. The van der Waals surface area contributed by atoms with Gasteiger partial charge in [0.15, 0.2) is 0 Å². The second-order valence-electron chi connectivity index (χ2n) is 2.51. The molecule has 0 saturated heterocycles. The van der Waals surface area contributed by atoms with Crippen LogP contribution in [0.1, 0.15) is 5.56 Å². The fourth-order valence-electron chi connectivity index (χ4n) is 0.895. The largest absolute Gasteiger partial charge is 0.446 e. The maximum atomic E-state index is 12.6. The van der Waals surface area contributed by atoms with Crippen LogP contribution in [0, 0.1) is 12.7 Å². The first-order valence-electron chi connectivity index (χ1n) is 3.40. The van der Waals surface area contributed by atoms with Gasteiger partial charge in [-0.25, -0.2) is 4.39 Å². The van der Waals surface area contributed by atoms with Gasteiger partial charge < -0.3 is 0 Å². The molecule has 0 unspecified atom stereocenters. The van der Waals surface area contributed by atoms with E-state index in [2.05, 4.69) is 0 Å². The smallest absolute Gasteiger partial charge is 0.207 e. The van der Waals surface area contributed by atoms with Crippen LogP contribution in [0.3, 0.4) is 0 Å². The Bertz CT molecular complexity index is 285. The first-order chi connectivity index (χ1) is 5.87. The lowest BCUT2D eigenvalue weighted by Crippen LogP contribution is -1.99. The molecule has 0 amide bonds. The number of thioether (sulfide) groups is 1. The van der Waals surface area contributed by atoms with Gasteiger partial charge in [0.2, 0.25) is 0 Å². The van der Waals surface area contributed by atoms with Crippen molar-refractivity contribution in [2.24, 2.45) is 0 Å². The molecule has 0 heterocycles.